The number of anilines is 2. The number of aromatic nitrogens is 2. The molecule has 0 unspecified atom stereocenters. The van der Waals surface area contributed by atoms with E-state index in [0.29, 0.717) is 11.3 Å². The van der Waals surface area contributed by atoms with E-state index >= 15 is 0 Å². The summed E-state index contributed by atoms with van der Waals surface area (Å²) < 4.78 is 13.8. The summed E-state index contributed by atoms with van der Waals surface area (Å²) >= 11 is 0. The normalized spacial score (nSPS) is 10.4. The first-order valence-electron chi connectivity index (χ1n) is 5.99. The Kier molecular flexibility index (Phi) is 3.65. The second-order valence-electron chi connectivity index (χ2n) is 4.42. The molecule has 1 aromatic heterocycles. The number of aromatic carboxylic acids is 1. The minimum atomic E-state index is -1.11. The lowest BCUT2D eigenvalue weighted by molar-refractivity contribution is 0.0696. The Bertz CT molecular complexity index is 673. The summed E-state index contributed by atoms with van der Waals surface area (Å²) in [7, 11) is 1.56. The molecule has 0 radical (unpaired) electrons. The maximum atomic E-state index is 13.8. The lowest BCUT2D eigenvalue weighted by Gasteiger charge is -2.21. The predicted molar refractivity (Wildman–Crippen MR) is 72.9 cm³/mol. The molecule has 0 fully saturated rings. The van der Waals surface area contributed by atoms with Crippen LogP contribution in [0.2, 0.25) is 0 Å². The molecule has 0 saturated heterocycles. The Hall–Kier alpha value is -2.50. The maximum Gasteiger partial charge on any atom is 0.339 e. The standard InChI is InChI=1S/C14H14FN3O2/c1-8-9(2)16-17-13(12(8)14(19)20)18(3)11-7-5-4-6-10(11)15/h4-7H,1-3H3,(H,19,20). The van der Waals surface area contributed by atoms with E-state index < -0.39 is 11.8 Å². The highest BCUT2D eigenvalue weighted by Gasteiger charge is 2.22. The summed E-state index contributed by atoms with van der Waals surface area (Å²) in [6.07, 6.45) is 0. The average molecular weight is 275 g/mol. The Balaban J connectivity index is 2.61. The number of aryl methyl sites for hydroxylation is 1. The van der Waals surface area contributed by atoms with Gasteiger partial charge >= 0.3 is 5.97 Å². The van der Waals surface area contributed by atoms with Crippen molar-refractivity contribution < 1.29 is 14.3 Å². The van der Waals surface area contributed by atoms with E-state index in [-0.39, 0.29) is 17.1 Å². The number of halogens is 1. The van der Waals surface area contributed by atoms with E-state index in [0.717, 1.165) is 0 Å². The van der Waals surface area contributed by atoms with Gasteiger partial charge in [-0.15, -0.1) is 5.10 Å². The average Bonchev–Trinajstić information content (AvgIpc) is 2.41. The lowest BCUT2D eigenvalue weighted by atomic mass is 10.1. The molecular formula is C14H14FN3O2. The summed E-state index contributed by atoms with van der Waals surface area (Å²) in [5, 5.41) is 17.2. The Morgan fingerprint density at radius 1 is 1.25 bits per heavy atom. The number of hydrogen-bond donors (Lipinski definition) is 1. The van der Waals surface area contributed by atoms with Crippen LogP contribution in [0, 0.1) is 19.7 Å². The van der Waals surface area contributed by atoms with Crippen LogP contribution in [-0.4, -0.2) is 28.3 Å². The van der Waals surface area contributed by atoms with E-state index in [2.05, 4.69) is 10.2 Å². The van der Waals surface area contributed by atoms with Crippen LogP contribution in [0.15, 0.2) is 24.3 Å². The van der Waals surface area contributed by atoms with Crippen molar-refractivity contribution in [3.8, 4) is 0 Å². The van der Waals surface area contributed by atoms with E-state index in [9.17, 15) is 14.3 Å². The first-order chi connectivity index (χ1) is 9.43. The minimum Gasteiger partial charge on any atom is -0.478 e. The van der Waals surface area contributed by atoms with Crippen molar-refractivity contribution >= 4 is 17.5 Å². The fourth-order valence-electron chi connectivity index (χ4n) is 1.92. The van der Waals surface area contributed by atoms with Crippen LogP contribution in [0.4, 0.5) is 15.9 Å². The molecule has 0 amide bonds. The number of rotatable bonds is 3. The van der Waals surface area contributed by atoms with Gasteiger partial charge in [0.2, 0.25) is 0 Å². The van der Waals surface area contributed by atoms with Crippen LogP contribution in [-0.2, 0) is 0 Å². The Labute approximate surface area is 115 Å². The summed E-state index contributed by atoms with van der Waals surface area (Å²) in [5.74, 6) is -1.45. The van der Waals surface area contributed by atoms with Crippen LogP contribution in [0.3, 0.4) is 0 Å². The van der Waals surface area contributed by atoms with Gasteiger partial charge in [-0.1, -0.05) is 12.1 Å². The number of carboxylic acid groups (broad SMARTS) is 1. The molecule has 0 saturated carbocycles. The second kappa shape index (κ2) is 5.24. The van der Waals surface area contributed by atoms with E-state index in [1.807, 2.05) is 0 Å². The highest BCUT2D eigenvalue weighted by molar-refractivity contribution is 5.96. The lowest BCUT2D eigenvalue weighted by Crippen LogP contribution is -2.19. The van der Waals surface area contributed by atoms with Crippen LogP contribution < -0.4 is 4.90 Å². The molecule has 0 aliphatic carbocycles. The van der Waals surface area contributed by atoms with Crippen LogP contribution >= 0.6 is 0 Å². The number of nitrogens with zero attached hydrogens (tertiary/aromatic N) is 3. The molecule has 0 aliphatic rings. The molecule has 5 nitrogen and oxygen atoms in total. The zero-order valence-corrected chi connectivity index (χ0v) is 11.4. The third-order valence-electron chi connectivity index (χ3n) is 3.18. The molecule has 0 aliphatic heterocycles. The van der Waals surface area contributed by atoms with E-state index in [1.54, 1.807) is 39.1 Å². The highest BCUT2D eigenvalue weighted by Crippen LogP contribution is 2.28. The van der Waals surface area contributed by atoms with Gasteiger partial charge in [-0.25, -0.2) is 9.18 Å². The van der Waals surface area contributed by atoms with Gasteiger partial charge < -0.3 is 10.0 Å². The topological polar surface area (TPSA) is 66.3 Å². The van der Waals surface area contributed by atoms with Gasteiger partial charge in [0, 0.05) is 7.05 Å². The van der Waals surface area contributed by atoms with Gasteiger partial charge in [0.1, 0.15) is 11.4 Å². The quantitative estimate of drug-likeness (QED) is 0.932. The molecule has 0 atom stereocenters. The Morgan fingerprint density at radius 3 is 2.50 bits per heavy atom. The summed E-state index contributed by atoms with van der Waals surface area (Å²) in [6, 6.07) is 6.10. The fraction of sp³-hybridized carbons (Fsp3) is 0.214. The van der Waals surface area contributed by atoms with Crippen molar-refractivity contribution in [1.29, 1.82) is 0 Å². The molecule has 6 heteroatoms. The Morgan fingerprint density at radius 2 is 1.90 bits per heavy atom. The van der Waals surface area contributed by atoms with Gasteiger partial charge in [0.05, 0.1) is 11.4 Å². The molecule has 104 valence electrons. The zero-order valence-electron chi connectivity index (χ0n) is 11.4. The zero-order chi connectivity index (χ0) is 14.9. The van der Waals surface area contributed by atoms with Crippen molar-refractivity contribution in [2.45, 2.75) is 13.8 Å². The van der Waals surface area contributed by atoms with Crippen LogP contribution in [0.25, 0.3) is 0 Å². The fourth-order valence-corrected chi connectivity index (χ4v) is 1.92. The number of benzene rings is 1. The van der Waals surface area contributed by atoms with Gasteiger partial charge in [0.25, 0.3) is 0 Å². The molecule has 2 aromatic rings. The molecule has 20 heavy (non-hydrogen) atoms. The smallest absolute Gasteiger partial charge is 0.339 e. The van der Waals surface area contributed by atoms with Gasteiger partial charge in [-0.05, 0) is 31.5 Å². The molecular weight excluding hydrogens is 261 g/mol. The number of carboxylic acids is 1. The first-order valence-corrected chi connectivity index (χ1v) is 5.99. The molecule has 0 spiro atoms. The van der Waals surface area contributed by atoms with Crippen LogP contribution in [0.5, 0.6) is 0 Å². The molecule has 0 bridgehead atoms. The van der Waals surface area contributed by atoms with Crippen molar-refractivity contribution in [2.75, 3.05) is 11.9 Å². The monoisotopic (exact) mass is 275 g/mol. The third kappa shape index (κ3) is 2.32. The van der Waals surface area contributed by atoms with Crippen molar-refractivity contribution in [3.05, 3.63) is 46.9 Å². The molecule has 1 N–H and O–H groups in total. The SMILES string of the molecule is Cc1nnc(N(C)c2ccccc2F)c(C(=O)O)c1C. The number of carbonyl (C=O) groups is 1. The van der Waals surface area contributed by atoms with Gasteiger partial charge in [0.15, 0.2) is 5.82 Å². The van der Waals surface area contributed by atoms with E-state index in [4.69, 9.17) is 0 Å². The summed E-state index contributed by atoms with van der Waals surface area (Å²) in [4.78, 5) is 12.8. The third-order valence-corrected chi connectivity index (χ3v) is 3.18. The van der Waals surface area contributed by atoms with E-state index in [1.165, 1.54) is 11.0 Å². The number of hydrogen-bond acceptors (Lipinski definition) is 4. The maximum absolute atomic E-state index is 13.8. The summed E-state index contributed by atoms with van der Waals surface area (Å²) in [5.41, 5.74) is 1.33. The molecule has 1 heterocycles. The first kappa shape index (κ1) is 13.9. The highest BCUT2D eigenvalue weighted by atomic mass is 19.1. The van der Waals surface area contributed by atoms with Crippen molar-refractivity contribution in [1.82, 2.24) is 10.2 Å². The predicted octanol–water partition coefficient (Wildman–Crippen LogP) is 2.70. The van der Waals surface area contributed by atoms with Gasteiger partial charge in [-0.2, -0.15) is 5.10 Å². The molecule has 1 aromatic carbocycles. The van der Waals surface area contributed by atoms with Crippen molar-refractivity contribution in [2.24, 2.45) is 0 Å². The van der Waals surface area contributed by atoms with Gasteiger partial charge in [-0.3, -0.25) is 0 Å². The van der Waals surface area contributed by atoms with Crippen LogP contribution in [0.1, 0.15) is 21.6 Å². The largest absolute Gasteiger partial charge is 0.478 e. The van der Waals surface area contributed by atoms with Crippen molar-refractivity contribution in [3.63, 3.8) is 0 Å². The number of para-hydroxylation sites is 1. The second-order valence-corrected chi connectivity index (χ2v) is 4.42. The minimum absolute atomic E-state index is 0.0308. The molecule has 2 rings (SSSR count). The summed E-state index contributed by atoms with van der Waals surface area (Å²) in [6.45, 7) is 3.34.